The molecular formula is C19H21F5N4O4S. The molecule has 2 aliphatic heterocycles. The number of alkyl halides is 3. The third kappa shape index (κ3) is 5.44. The molecule has 2 aromatic rings. The highest BCUT2D eigenvalue weighted by atomic mass is 32.2. The summed E-state index contributed by atoms with van der Waals surface area (Å²) in [5.74, 6) is -3.99. The van der Waals surface area contributed by atoms with Gasteiger partial charge in [0.25, 0.3) is 5.82 Å². The van der Waals surface area contributed by atoms with Gasteiger partial charge in [0, 0.05) is 26.2 Å². The van der Waals surface area contributed by atoms with Crippen molar-refractivity contribution in [2.45, 2.75) is 37.6 Å². The molecule has 14 heteroatoms. The molecule has 0 aliphatic carbocycles. The second-order valence-corrected chi connectivity index (χ2v) is 10.2. The number of rotatable bonds is 6. The van der Waals surface area contributed by atoms with E-state index < -0.39 is 45.5 Å². The van der Waals surface area contributed by atoms with Crippen molar-refractivity contribution in [3.8, 4) is 5.75 Å². The lowest BCUT2D eigenvalue weighted by molar-refractivity contribution is -0.146. The van der Waals surface area contributed by atoms with E-state index in [1.165, 1.54) is 16.4 Å². The van der Waals surface area contributed by atoms with Crippen LogP contribution in [0.3, 0.4) is 0 Å². The predicted molar refractivity (Wildman–Crippen MR) is 104 cm³/mol. The summed E-state index contributed by atoms with van der Waals surface area (Å²) < 4.78 is 101. The fraction of sp³-hybridized carbons (Fsp3) is 0.579. The van der Waals surface area contributed by atoms with Gasteiger partial charge in [0.1, 0.15) is 6.10 Å². The number of nitrogens with zero attached hydrogens (tertiary/aromatic N) is 4. The lowest BCUT2D eigenvalue weighted by Gasteiger charge is -2.38. The fourth-order valence-corrected chi connectivity index (χ4v) is 4.84. The summed E-state index contributed by atoms with van der Waals surface area (Å²) in [6.45, 7) is 0.961. The Balaban J connectivity index is 1.31. The summed E-state index contributed by atoms with van der Waals surface area (Å²) in [6.07, 6.45) is -3.22. The second kappa shape index (κ2) is 8.80. The molecule has 8 nitrogen and oxygen atoms in total. The number of sulfonamides is 1. The van der Waals surface area contributed by atoms with Crippen molar-refractivity contribution in [1.29, 1.82) is 0 Å². The fourth-order valence-electron chi connectivity index (χ4n) is 3.97. The molecule has 0 unspecified atom stereocenters. The van der Waals surface area contributed by atoms with Crippen LogP contribution in [0.15, 0.2) is 16.7 Å². The molecular weight excluding hydrogens is 475 g/mol. The van der Waals surface area contributed by atoms with Gasteiger partial charge in [-0.05, 0) is 36.5 Å². The third-order valence-corrected chi connectivity index (χ3v) is 7.01. The molecule has 2 fully saturated rings. The van der Waals surface area contributed by atoms with Crippen molar-refractivity contribution < 1.29 is 39.6 Å². The van der Waals surface area contributed by atoms with Crippen LogP contribution in [0.2, 0.25) is 0 Å². The van der Waals surface area contributed by atoms with Crippen molar-refractivity contribution in [2.24, 2.45) is 0 Å². The van der Waals surface area contributed by atoms with E-state index in [0.717, 1.165) is 6.26 Å². The zero-order valence-electron chi connectivity index (χ0n) is 17.5. The minimum Gasteiger partial charge on any atom is -0.482 e. The molecule has 33 heavy (non-hydrogen) atoms. The van der Waals surface area contributed by atoms with Crippen LogP contribution >= 0.6 is 0 Å². The van der Waals surface area contributed by atoms with Gasteiger partial charge >= 0.3 is 6.18 Å². The first-order valence-corrected chi connectivity index (χ1v) is 12.0. The van der Waals surface area contributed by atoms with Gasteiger partial charge in [0.05, 0.1) is 12.8 Å². The molecule has 0 saturated carbocycles. The lowest BCUT2D eigenvalue weighted by atomic mass is 9.90. The average Bonchev–Trinajstić information content (AvgIpc) is 3.17. The summed E-state index contributed by atoms with van der Waals surface area (Å²) in [4.78, 5) is 4.91. The Kier molecular flexibility index (Phi) is 6.35. The van der Waals surface area contributed by atoms with Crippen molar-refractivity contribution in [3.63, 3.8) is 0 Å². The molecule has 4 rings (SSSR count). The number of benzene rings is 1. The topological polar surface area (TPSA) is 88.8 Å². The molecule has 0 amide bonds. The Morgan fingerprint density at radius 1 is 1.15 bits per heavy atom. The summed E-state index contributed by atoms with van der Waals surface area (Å²) in [7, 11) is -3.30. The smallest absolute Gasteiger partial charge is 0.455 e. The molecule has 182 valence electrons. The van der Waals surface area contributed by atoms with Crippen molar-refractivity contribution in [2.75, 3.05) is 32.4 Å². The largest absolute Gasteiger partial charge is 0.482 e. The number of ether oxygens (including phenoxy) is 1. The van der Waals surface area contributed by atoms with Crippen LogP contribution in [-0.4, -0.2) is 66.3 Å². The van der Waals surface area contributed by atoms with Crippen LogP contribution in [0, 0.1) is 11.6 Å². The highest BCUT2D eigenvalue weighted by Crippen LogP contribution is 2.34. The zero-order valence-corrected chi connectivity index (χ0v) is 18.3. The van der Waals surface area contributed by atoms with Gasteiger partial charge < -0.3 is 9.26 Å². The predicted octanol–water partition coefficient (Wildman–Crippen LogP) is 2.77. The molecule has 1 aromatic carbocycles. The maximum absolute atomic E-state index is 14.6. The number of piperidine rings is 1. The van der Waals surface area contributed by atoms with Crippen molar-refractivity contribution >= 4 is 10.0 Å². The average molecular weight is 496 g/mol. The summed E-state index contributed by atoms with van der Waals surface area (Å²) >= 11 is 0. The zero-order chi connectivity index (χ0) is 24.0. The molecule has 3 heterocycles. The van der Waals surface area contributed by atoms with E-state index in [1.54, 1.807) is 4.90 Å². The Bertz CT molecular complexity index is 1090. The second-order valence-electron chi connectivity index (χ2n) is 8.19. The number of aromatic nitrogens is 2. The first-order valence-electron chi connectivity index (χ1n) is 10.1. The lowest BCUT2D eigenvalue weighted by Crippen LogP contribution is -2.53. The van der Waals surface area contributed by atoms with Crippen LogP contribution in [0.4, 0.5) is 22.0 Å². The first-order chi connectivity index (χ1) is 15.4. The summed E-state index contributed by atoms with van der Waals surface area (Å²) in [5, 5.41) is 2.87. The van der Waals surface area contributed by atoms with Crippen LogP contribution in [-0.2, 0) is 22.7 Å². The SMILES string of the molecule is CS(=O)(=O)N1CCC(c2cc(F)c(OC3CN(Cc4nc(C(F)(F)F)no4)C3)c(F)c2)CC1. The first kappa shape index (κ1) is 23.8. The van der Waals surface area contributed by atoms with Gasteiger partial charge in [-0.2, -0.15) is 18.2 Å². The Morgan fingerprint density at radius 3 is 2.27 bits per heavy atom. The summed E-state index contributed by atoms with van der Waals surface area (Å²) in [5.41, 5.74) is 0.442. The monoisotopic (exact) mass is 496 g/mol. The molecule has 0 bridgehead atoms. The third-order valence-electron chi connectivity index (χ3n) is 5.70. The quantitative estimate of drug-likeness (QED) is 0.569. The van der Waals surface area contributed by atoms with Crippen molar-refractivity contribution in [1.82, 2.24) is 19.3 Å². The van der Waals surface area contributed by atoms with Crippen LogP contribution in [0.25, 0.3) is 0 Å². The van der Waals surface area contributed by atoms with Gasteiger partial charge in [0.15, 0.2) is 17.4 Å². The van der Waals surface area contributed by atoms with E-state index in [1.807, 2.05) is 0 Å². The molecule has 0 spiro atoms. The molecule has 2 saturated heterocycles. The molecule has 0 atom stereocenters. The maximum Gasteiger partial charge on any atom is 0.455 e. The van der Waals surface area contributed by atoms with Crippen LogP contribution < -0.4 is 4.74 Å². The minimum atomic E-state index is -4.70. The van der Waals surface area contributed by atoms with Gasteiger partial charge in [-0.25, -0.2) is 21.5 Å². The molecule has 2 aliphatic rings. The van der Waals surface area contributed by atoms with Gasteiger partial charge in [0.2, 0.25) is 15.9 Å². The van der Waals surface area contributed by atoms with E-state index >= 15 is 0 Å². The number of likely N-dealkylation sites (tertiary alicyclic amines) is 1. The van der Waals surface area contributed by atoms with Crippen molar-refractivity contribution in [3.05, 3.63) is 41.0 Å². The number of halogens is 5. The van der Waals surface area contributed by atoms with E-state index in [0.29, 0.717) is 18.4 Å². The van der Waals surface area contributed by atoms with Crippen LogP contribution in [0.1, 0.15) is 36.0 Å². The normalized spacial score (nSPS) is 19.6. The standard InChI is InChI=1S/C19H21F5N4O4S/c1-33(29,30)28-4-2-11(3-5-28)12-6-14(20)17(15(21)7-12)31-13-8-27(9-13)10-16-25-18(26-32-16)19(22,23)24/h6-7,11,13H,2-5,8-10H2,1H3. The summed E-state index contributed by atoms with van der Waals surface area (Å²) in [6, 6.07) is 2.40. The molecule has 0 radical (unpaired) electrons. The number of hydrogen-bond acceptors (Lipinski definition) is 7. The highest BCUT2D eigenvalue weighted by molar-refractivity contribution is 7.88. The van der Waals surface area contributed by atoms with Crippen LogP contribution in [0.5, 0.6) is 5.75 Å². The molecule has 1 aromatic heterocycles. The maximum atomic E-state index is 14.6. The van der Waals surface area contributed by atoms with Gasteiger partial charge in [-0.1, -0.05) is 5.16 Å². The van der Waals surface area contributed by atoms with E-state index in [4.69, 9.17) is 4.74 Å². The number of hydrogen-bond donors (Lipinski definition) is 0. The Labute approximate surface area is 186 Å². The Hall–Kier alpha value is -2.32. The highest BCUT2D eigenvalue weighted by Gasteiger charge is 2.38. The van der Waals surface area contributed by atoms with E-state index in [9.17, 15) is 30.4 Å². The molecule has 0 N–H and O–H groups in total. The van der Waals surface area contributed by atoms with Gasteiger partial charge in [-0.3, -0.25) is 4.90 Å². The van der Waals surface area contributed by atoms with E-state index in [-0.39, 0.29) is 44.5 Å². The Morgan fingerprint density at radius 2 is 1.76 bits per heavy atom. The minimum absolute atomic E-state index is 0.0426. The van der Waals surface area contributed by atoms with E-state index in [2.05, 4.69) is 14.7 Å². The van der Waals surface area contributed by atoms with Gasteiger partial charge in [-0.15, -0.1) is 0 Å².